The maximum absolute atomic E-state index is 9.93. The van der Waals surface area contributed by atoms with Gasteiger partial charge in [0.15, 0.2) is 5.79 Å². The molecule has 0 amide bonds. The van der Waals surface area contributed by atoms with Crippen LogP contribution in [0, 0.1) is 0 Å². The molecular formula is C15H22O5. The van der Waals surface area contributed by atoms with Gasteiger partial charge in [-0.2, -0.15) is 0 Å². The molecule has 0 bridgehead atoms. The molecule has 5 nitrogen and oxygen atoms in total. The molecule has 1 aromatic carbocycles. The average molecular weight is 282 g/mol. The van der Waals surface area contributed by atoms with E-state index in [1.807, 2.05) is 30.3 Å². The van der Waals surface area contributed by atoms with Crippen molar-refractivity contribution in [1.29, 1.82) is 0 Å². The maximum Gasteiger partial charge on any atom is 0.194 e. The van der Waals surface area contributed by atoms with E-state index in [2.05, 4.69) is 0 Å². The second-order valence-electron chi connectivity index (χ2n) is 5.14. The van der Waals surface area contributed by atoms with E-state index in [4.69, 9.17) is 14.2 Å². The molecule has 1 fully saturated rings. The standard InChI is InChI=1S/C15H22O5/c1-15(18-2)14(17)13(16)12(20-15)8-9-19-10-11-6-4-3-5-7-11/h3-7,12-14,16-17H,8-10H2,1-2H3/t12-,13-,14+,15-/m1/s1. The summed E-state index contributed by atoms with van der Waals surface area (Å²) < 4.78 is 16.2. The molecule has 0 unspecified atom stereocenters. The van der Waals surface area contributed by atoms with Crippen LogP contribution in [0.25, 0.3) is 0 Å². The SMILES string of the molecule is CO[C@]1(C)O[C@H](CCOCc2ccccc2)[C@@H](O)[C@@H]1O. The molecule has 112 valence electrons. The van der Waals surface area contributed by atoms with Gasteiger partial charge < -0.3 is 24.4 Å². The molecule has 1 heterocycles. The van der Waals surface area contributed by atoms with E-state index in [1.165, 1.54) is 7.11 Å². The molecule has 1 aliphatic rings. The number of benzene rings is 1. The lowest BCUT2D eigenvalue weighted by molar-refractivity contribution is -0.233. The second-order valence-corrected chi connectivity index (χ2v) is 5.14. The van der Waals surface area contributed by atoms with Gasteiger partial charge in [0, 0.05) is 13.7 Å². The molecule has 0 aromatic heterocycles. The van der Waals surface area contributed by atoms with Crippen molar-refractivity contribution in [2.45, 2.75) is 44.1 Å². The molecule has 1 saturated heterocycles. The number of ether oxygens (including phenoxy) is 3. The van der Waals surface area contributed by atoms with Crippen LogP contribution in [0.15, 0.2) is 30.3 Å². The van der Waals surface area contributed by atoms with E-state index in [1.54, 1.807) is 6.92 Å². The zero-order valence-corrected chi connectivity index (χ0v) is 11.9. The molecule has 1 aromatic rings. The topological polar surface area (TPSA) is 68.2 Å². The van der Waals surface area contributed by atoms with Crippen LogP contribution in [0.4, 0.5) is 0 Å². The van der Waals surface area contributed by atoms with Crippen molar-refractivity contribution in [3.8, 4) is 0 Å². The summed E-state index contributed by atoms with van der Waals surface area (Å²) in [7, 11) is 1.45. The summed E-state index contributed by atoms with van der Waals surface area (Å²) in [6.07, 6.45) is -1.98. The Bertz CT molecular complexity index is 410. The molecule has 2 N–H and O–H groups in total. The highest BCUT2D eigenvalue weighted by Crippen LogP contribution is 2.32. The Morgan fingerprint density at radius 2 is 1.95 bits per heavy atom. The van der Waals surface area contributed by atoms with Gasteiger partial charge in [0.1, 0.15) is 12.2 Å². The van der Waals surface area contributed by atoms with Gasteiger partial charge in [0.25, 0.3) is 0 Å². The summed E-state index contributed by atoms with van der Waals surface area (Å²) >= 11 is 0. The first-order valence-electron chi connectivity index (χ1n) is 6.77. The molecule has 1 aliphatic heterocycles. The minimum atomic E-state index is -1.15. The fraction of sp³-hybridized carbons (Fsp3) is 0.600. The summed E-state index contributed by atoms with van der Waals surface area (Å²) in [5.41, 5.74) is 1.10. The Balaban J connectivity index is 1.75. The van der Waals surface area contributed by atoms with E-state index >= 15 is 0 Å². The van der Waals surface area contributed by atoms with Crippen molar-refractivity contribution in [2.24, 2.45) is 0 Å². The lowest BCUT2D eigenvalue weighted by atomic mass is 10.0. The molecule has 0 saturated carbocycles. The minimum absolute atomic E-state index is 0.448. The van der Waals surface area contributed by atoms with Crippen LogP contribution in [0.2, 0.25) is 0 Å². The predicted octanol–water partition coefficient (Wildman–Crippen LogP) is 1.08. The smallest absolute Gasteiger partial charge is 0.194 e. The normalized spacial score (nSPS) is 33.5. The summed E-state index contributed by atoms with van der Waals surface area (Å²) in [6, 6.07) is 9.87. The minimum Gasteiger partial charge on any atom is -0.387 e. The Morgan fingerprint density at radius 3 is 2.55 bits per heavy atom. The third-order valence-electron chi connectivity index (χ3n) is 3.69. The Labute approximate surface area is 119 Å². The van der Waals surface area contributed by atoms with Crippen LogP contribution < -0.4 is 0 Å². The van der Waals surface area contributed by atoms with Gasteiger partial charge in [-0.25, -0.2) is 0 Å². The van der Waals surface area contributed by atoms with Crippen LogP contribution in [-0.2, 0) is 20.8 Å². The molecule has 5 heteroatoms. The van der Waals surface area contributed by atoms with Gasteiger partial charge in [0.2, 0.25) is 0 Å². The van der Waals surface area contributed by atoms with E-state index in [9.17, 15) is 10.2 Å². The summed E-state index contributed by atoms with van der Waals surface area (Å²) in [5, 5.41) is 19.8. The monoisotopic (exact) mass is 282 g/mol. The third-order valence-corrected chi connectivity index (χ3v) is 3.69. The molecule has 0 radical (unpaired) electrons. The number of hydrogen-bond donors (Lipinski definition) is 2. The van der Waals surface area contributed by atoms with Crippen molar-refractivity contribution in [3.63, 3.8) is 0 Å². The van der Waals surface area contributed by atoms with Crippen LogP contribution in [0.3, 0.4) is 0 Å². The summed E-state index contributed by atoms with van der Waals surface area (Å²) in [5.74, 6) is -1.15. The average Bonchev–Trinajstić information content (AvgIpc) is 2.70. The Kier molecular flexibility index (Phi) is 5.12. The van der Waals surface area contributed by atoms with Gasteiger partial charge in [0.05, 0.1) is 12.7 Å². The molecular weight excluding hydrogens is 260 g/mol. The Morgan fingerprint density at radius 1 is 1.25 bits per heavy atom. The van der Waals surface area contributed by atoms with Crippen LogP contribution >= 0.6 is 0 Å². The van der Waals surface area contributed by atoms with Gasteiger partial charge in [-0.1, -0.05) is 30.3 Å². The largest absolute Gasteiger partial charge is 0.387 e. The van der Waals surface area contributed by atoms with Crippen molar-refractivity contribution in [1.82, 2.24) is 0 Å². The number of methoxy groups -OCH3 is 1. The quantitative estimate of drug-likeness (QED) is 0.764. The first-order chi connectivity index (χ1) is 9.57. The fourth-order valence-corrected chi connectivity index (χ4v) is 2.32. The van der Waals surface area contributed by atoms with Crippen LogP contribution in [-0.4, -0.2) is 48.0 Å². The molecule has 20 heavy (non-hydrogen) atoms. The van der Waals surface area contributed by atoms with E-state index < -0.39 is 24.1 Å². The number of aliphatic hydroxyl groups is 2. The van der Waals surface area contributed by atoms with E-state index in [0.29, 0.717) is 19.6 Å². The maximum atomic E-state index is 9.93. The first kappa shape index (κ1) is 15.4. The summed E-state index contributed by atoms with van der Waals surface area (Å²) in [4.78, 5) is 0. The predicted molar refractivity (Wildman–Crippen MR) is 73.0 cm³/mol. The zero-order valence-electron chi connectivity index (χ0n) is 11.9. The van der Waals surface area contributed by atoms with E-state index in [0.717, 1.165) is 5.56 Å². The molecule has 0 aliphatic carbocycles. The van der Waals surface area contributed by atoms with Crippen LogP contribution in [0.1, 0.15) is 18.9 Å². The lowest BCUT2D eigenvalue weighted by Crippen LogP contribution is -2.42. The number of rotatable bonds is 6. The van der Waals surface area contributed by atoms with Crippen molar-refractivity contribution < 1.29 is 24.4 Å². The highest BCUT2D eigenvalue weighted by molar-refractivity contribution is 5.13. The van der Waals surface area contributed by atoms with Gasteiger partial charge in [-0.15, -0.1) is 0 Å². The van der Waals surface area contributed by atoms with Crippen LogP contribution in [0.5, 0.6) is 0 Å². The Hall–Kier alpha value is -0.980. The fourth-order valence-electron chi connectivity index (χ4n) is 2.32. The van der Waals surface area contributed by atoms with Gasteiger partial charge >= 0.3 is 0 Å². The lowest BCUT2D eigenvalue weighted by Gasteiger charge is -2.25. The first-order valence-corrected chi connectivity index (χ1v) is 6.77. The molecule has 0 spiro atoms. The van der Waals surface area contributed by atoms with Crippen molar-refractivity contribution in [2.75, 3.05) is 13.7 Å². The highest BCUT2D eigenvalue weighted by Gasteiger charge is 2.51. The molecule has 4 atom stereocenters. The van der Waals surface area contributed by atoms with Gasteiger partial charge in [-0.3, -0.25) is 0 Å². The highest BCUT2D eigenvalue weighted by atomic mass is 16.7. The molecule has 2 rings (SSSR count). The zero-order chi connectivity index (χ0) is 14.6. The number of hydrogen-bond acceptors (Lipinski definition) is 5. The van der Waals surface area contributed by atoms with Gasteiger partial charge in [-0.05, 0) is 18.9 Å². The summed E-state index contributed by atoms with van der Waals surface area (Å²) in [6.45, 7) is 2.59. The number of aliphatic hydroxyl groups excluding tert-OH is 2. The van der Waals surface area contributed by atoms with Crippen molar-refractivity contribution >= 4 is 0 Å². The third kappa shape index (κ3) is 3.37. The van der Waals surface area contributed by atoms with E-state index in [-0.39, 0.29) is 0 Å². The second kappa shape index (κ2) is 6.65. The van der Waals surface area contributed by atoms with Crippen molar-refractivity contribution in [3.05, 3.63) is 35.9 Å².